The number of ketones is 1. The number of likely N-dealkylation sites (tertiary alicyclic amines) is 1. The topological polar surface area (TPSA) is 75.7 Å². The van der Waals surface area contributed by atoms with Crippen LogP contribution in [0.5, 0.6) is 5.75 Å². The lowest BCUT2D eigenvalue weighted by Crippen LogP contribution is -2.46. The van der Waals surface area contributed by atoms with Crippen molar-refractivity contribution in [2.45, 2.75) is 70.8 Å². The van der Waals surface area contributed by atoms with Crippen molar-refractivity contribution in [1.82, 2.24) is 10.2 Å². The summed E-state index contributed by atoms with van der Waals surface area (Å²) in [7, 11) is 1.67. The molecule has 2 atom stereocenters. The fourth-order valence-electron chi connectivity index (χ4n) is 5.75. The number of methoxy groups -OCH3 is 1. The molecule has 2 aromatic rings. The van der Waals surface area contributed by atoms with Crippen LogP contribution in [0.2, 0.25) is 0 Å². The summed E-state index contributed by atoms with van der Waals surface area (Å²) in [5.41, 5.74) is 0.709. The third kappa shape index (κ3) is 5.85. The van der Waals surface area contributed by atoms with Gasteiger partial charge in [0.2, 0.25) is 11.8 Å². The molecular formula is C29H38N2O4. The number of Topliss-reactive ketones (excluding diaryl/α,β-unsaturated/α-hetero) is 1. The molecule has 2 fully saturated rings. The highest BCUT2D eigenvalue weighted by Crippen LogP contribution is 2.35. The van der Waals surface area contributed by atoms with Gasteiger partial charge < -0.3 is 15.0 Å². The molecule has 188 valence electrons. The second kappa shape index (κ2) is 10.8. The van der Waals surface area contributed by atoms with E-state index in [1.807, 2.05) is 23.1 Å². The molecule has 2 saturated heterocycles. The van der Waals surface area contributed by atoms with E-state index in [0.29, 0.717) is 51.1 Å². The lowest BCUT2D eigenvalue weighted by atomic mass is 9.83. The van der Waals surface area contributed by atoms with Crippen molar-refractivity contribution in [3.05, 3.63) is 42.0 Å². The molecule has 0 radical (unpaired) electrons. The van der Waals surface area contributed by atoms with E-state index in [1.165, 1.54) is 0 Å². The van der Waals surface area contributed by atoms with E-state index >= 15 is 0 Å². The molecule has 6 nitrogen and oxygen atoms in total. The minimum absolute atomic E-state index is 0.0408. The molecule has 2 heterocycles. The molecule has 2 amide bonds. The van der Waals surface area contributed by atoms with Gasteiger partial charge in [-0.05, 0) is 55.0 Å². The van der Waals surface area contributed by atoms with E-state index in [0.717, 1.165) is 41.3 Å². The molecular weight excluding hydrogens is 440 g/mol. The molecule has 0 spiro atoms. The highest BCUT2D eigenvalue weighted by Gasteiger charge is 2.39. The van der Waals surface area contributed by atoms with E-state index in [1.54, 1.807) is 7.11 Å². The molecule has 2 aromatic carbocycles. The Morgan fingerprint density at radius 3 is 2.63 bits per heavy atom. The first-order chi connectivity index (χ1) is 16.8. The zero-order valence-electron chi connectivity index (χ0n) is 21.3. The van der Waals surface area contributed by atoms with E-state index in [9.17, 15) is 14.4 Å². The molecule has 0 saturated carbocycles. The standard InChI is InChI=1S/C29H38N2O4/c1-20(2)17-25(32)22-7-6-16-31(19-22)28(34)13-15-29(14-12-27(33)30-29)18-21-10-11-26(35-3)24-9-5-4-8-23(21)24/h4-5,8-11,20,22H,6-7,12-19H2,1-3H3,(H,30,33)/t22-,29+/m1/s1. The highest BCUT2D eigenvalue weighted by atomic mass is 16.5. The number of hydrogen-bond donors (Lipinski definition) is 1. The SMILES string of the molecule is COc1ccc(C[C@@]2(CCC(=O)N3CCC[C@@H](C(=O)CC(C)C)C3)CCC(=O)N2)c2ccccc12. The molecule has 6 heteroatoms. The van der Waals surface area contributed by atoms with E-state index in [4.69, 9.17) is 4.74 Å². The maximum Gasteiger partial charge on any atom is 0.222 e. The first-order valence-electron chi connectivity index (χ1n) is 13.0. The Hall–Kier alpha value is -2.89. The first-order valence-corrected chi connectivity index (χ1v) is 13.0. The second-order valence-corrected chi connectivity index (χ2v) is 10.7. The normalized spacial score (nSPS) is 22.5. The Labute approximate surface area is 208 Å². The fourth-order valence-corrected chi connectivity index (χ4v) is 5.75. The van der Waals surface area contributed by atoms with Crippen molar-refractivity contribution >= 4 is 28.4 Å². The van der Waals surface area contributed by atoms with Crippen molar-refractivity contribution in [3.8, 4) is 5.75 Å². The van der Waals surface area contributed by atoms with Crippen LogP contribution in [-0.2, 0) is 20.8 Å². The zero-order valence-corrected chi connectivity index (χ0v) is 21.3. The number of amides is 2. The number of piperidine rings is 1. The summed E-state index contributed by atoms with van der Waals surface area (Å²) in [4.78, 5) is 40.0. The summed E-state index contributed by atoms with van der Waals surface area (Å²) in [5, 5.41) is 5.38. The number of fused-ring (bicyclic) bond motifs is 1. The number of carbonyl (C=O) groups excluding carboxylic acids is 3. The third-order valence-corrected chi connectivity index (χ3v) is 7.61. The van der Waals surface area contributed by atoms with E-state index < -0.39 is 5.54 Å². The highest BCUT2D eigenvalue weighted by molar-refractivity contribution is 5.91. The quantitative estimate of drug-likeness (QED) is 0.568. The maximum atomic E-state index is 13.2. The summed E-state index contributed by atoms with van der Waals surface area (Å²) in [6, 6.07) is 12.2. The average molecular weight is 479 g/mol. The van der Waals surface area contributed by atoms with Crippen LogP contribution < -0.4 is 10.1 Å². The third-order valence-electron chi connectivity index (χ3n) is 7.61. The van der Waals surface area contributed by atoms with Crippen LogP contribution in [0.1, 0.15) is 64.4 Å². The van der Waals surface area contributed by atoms with Gasteiger partial charge in [0.15, 0.2) is 0 Å². The molecule has 0 aliphatic carbocycles. The average Bonchev–Trinajstić information content (AvgIpc) is 3.23. The minimum Gasteiger partial charge on any atom is -0.496 e. The van der Waals surface area contributed by atoms with Gasteiger partial charge >= 0.3 is 0 Å². The van der Waals surface area contributed by atoms with Crippen molar-refractivity contribution < 1.29 is 19.1 Å². The molecule has 4 rings (SSSR count). The van der Waals surface area contributed by atoms with Gasteiger partial charge in [0, 0.05) is 49.2 Å². The van der Waals surface area contributed by atoms with Crippen LogP contribution >= 0.6 is 0 Å². The van der Waals surface area contributed by atoms with Crippen molar-refractivity contribution in [3.63, 3.8) is 0 Å². The molecule has 2 aliphatic heterocycles. The fraction of sp³-hybridized carbons (Fsp3) is 0.552. The lowest BCUT2D eigenvalue weighted by Gasteiger charge is -2.34. The number of carbonyl (C=O) groups is 3. The van der Waals surface area contributed by atoms with Crippen LogP contribution in [0.3, 0.4) is 0 Å². The number of ether oxygens (including phenoxy) is 1. The van der Waals surface area contributed by atoms with E-state index in [2.05, 4.69) is 37.4 Å². The first kappa shape index (κ1) is 25.2. The van der Waals surface area contributed by atoms with Gasteiger partial charge in [-0.25, -0.2) is 0 Å². The number of nitrogens with zero attached hydrogens (tertiary/aromatic N) is 1. The summed E-state index contributed by atoms with van der Waals surface area (Å²) >= 11 is 0. The molecule has 0 aromatic heterocycles. The Morgan fingerprint density at radius 2 is 1.94 bits per heavy atom. The monoisotopic (exact) mass is 478 g/mol. The van der Waals surface area contributed by atoms with Crippen molar-refractivity contribution in [1.29, 1.82) is 0 Å². The van der Waals surface area contributed by atoms with Crippen LogP contribution in [0.15, 0.2) is 36.4 Å². The maximum absolute atomic E-state index is 13.2. The Balaban J connectivity index is 1.46. The van der Waals surface area contributed by atoms with Crippen LogP contribution in [-0.4, -0.2) is 48.2 Å². The smallest absolute Gasteiger partial charge is 0.222 e. The van der Waals surface area contributed by atoms with Gasteiger partial charge in [-0.2, -0.15) is 0 Å². The van der Waals surface area contributed by atoms with Gasteiger partial charge in [-0.15, -0.1) is 0 Å². The Morgan fingerprint density at radius 1 is 1.17 bits per heavy atom. The second-order valence-electron chi connectivity index (χ2n) is 10.7. The van der Waals surface area contributed by atoms with Crippen molar-refractivity contribution in [2.24, 2.45) is 11.8 Å². The van der Waals surface area contributed by atoms with Gasteiger partial charge in [0.1, 0.15) is 11.5 Å². The van der Waals surface area contributed by atoms with Crippen LogP contribution in [0.25, 0.3) is 10.8 Å². The molecule has 1 N–H and O–H groups in total. The number of rotatable bonds is 9. The number of nitrogens with one attached hydrogen (secondary N) is 1. The predicted octanol–water partition coefficient (Wildman–Crippen LogP) is 4.67. The Kier molecular flexibility index (Phi) is 7.78. The summed E-state index contributed by atoms with van der Waals surface area (Å²) in [6.07, 6.45) is 5.18. The summed E-state index contributed by atoms with van der Waals surface area (Å²) < 4.78 is 5.54. The van der Waals surface area contributed by atoms with Crippen LogP contribution in [0.4, 0.5) is 0 Å². The predicted molar refractivity (Wildman–Crippen MR) is 137 cm³/mol. The van der Waals surface area contributed by atoms with Gasteiger partial charge in [0.25, 0.3) is 0 Å². The molecule has 0 unspecified atom stereocenters. The van der Waals surface area contributed by atoms with Gasteiger partial charge in [0.05, 0.1) is 7.11 Å². The van der Waals surface area contributed by atoms with E-state index in [-0.39, 0.29) is 23.5 Å². The van der Waals surface area contributed by atoms with Crippen molar-refractivity contribution in [2.75, 3.05) is 20.2 Å². The molecule has 35 heavy (non-hydrogen) atoms. The van der Waals surface area contributed by atoms with Gasteiger partial charge in [-0.3, -0.25) is 14.4 Å². The minimum atomic E-state index is -0.438. The Bertz CT molecular complexity index is 1100. The van der Waals surface area contributed by atoms with Crippen LogP contribution in [0, 0.1) is 11.8 Å². The zero-order chi connectivity index (χ0) is 25.0. The summed E-state index contributed by atoms with van der Waals surface area (Å²) in [5.74, 6) is 1.55. The van der Waals surface area contributed by atoms with Gasteiger partial charge in [-0.1, -0.05) is 44.2 Å². The summed E-state index contributed by atoms with van der Waals surface area (Å²) in [6.45, 7) is 5.37. The number of hydrogen-bond acceptors (Lipinski definition) is 4. The lowest BCUT2D eigenvalue weighted by molar-refractivity contribution is -0.136. The largest absolute Gasteiger partial charge is 0.496 e. The number of benzene rings is 2. The molecule has 2 aliphatic rings. The molecule has 0 bridgehead atoms.